The number of thioether (sulfide) groups is 1. The van der Waals surface area contributed by atoms with Gasteiger partial charge in [-0.25, -0.2) is 0 Å². The van der Waals surface area contributed by atoms with Crippen LogP contribution < -0.4 is 10.3 Å². The molecule has 1 aromatic heterocycles. The van der Waals surface area contributed by atoms with E-state index in [0.717, 1.165) is 19.5 Å². The summed E-state index contributed by atoms with van der Waals surface area (Å²) in [7, 11) is 0. The van der Waals surface area contributed by atoms with Crippen molar-refractivity contribution in [2.75, 3.05) is 12.8 Å². The first-order valence-electron chi connectivity index (χ1n) is 8.34. The van der Waals surface area contributed by atoms with E-state index < -0.39 is 0 Å². The number of benzene rings is 1. The lowest BCUT2D eigenvalue weighted by molar-refractivity contribution is -0.699. The molecule has 122 valence electrons. The Kier molecular flexibility index (Phi) is 7.91. The summed E-state index contributed by atoms with van der Waals surface area (Å²) in [4.78, 5) is 1.30. The lowest BCUT2D eigenvalue weighted by atomic mass is 10.1. The fourth-order valence-corrected chi connectivity index (χ4v) is 2.93. The highest BCUT2D eigenvalue weighted by molar-refractivity contribution is 7.98. The van der Waals surface area contributed by atoms with Crippen molar-refractivity contribution in [1.82, 2.24) is 0 Å². The number of aryl methyl sites for hydroxylation is 1. The van der Waals surface area contributed by atoms with E-state index in [1.165, 1.54) is 35.4 Å². The standard InChI is InChI=1S/C20H27N2S/c1-23-20-13-10-18(11-14-20)9-12-19-8-4-7-17-22(19)16-6-3-2-5-15-21/h4,7-14,17H,2-3,5-6,15-16,21H2,1H3/q+1/b12-9+. The maximum atomic E-state index is 5.54. The highest BCUT2D eigenvalue weighted by Gasteiger charge is 2.05. The van der Waals surface area contributed by atoms with E-state index in [9.17, 15) is 0 Å². The van der Waals surface area contributed by atoms with Crippen LogP contribution in [-0.4, -0.2) is 12.8 Å². The highest BCUT2D eigenvalue weighted by atomic mass is 32.2. The average molecular weight is 328 g/mol. The van der Waals surface area contributed by atoms with Crippen LogP contribution in [0.2, 0.25) is 0 Å². The Balaban J connectivity index is 1.97. The molecule has 2 N–H and O–H groups in total. The Morgan fingerprint density at radius 2 is 1.74 bits per heavy atom. The third kappa shape index (κ3) is 6.20. The van der Waals surface area contributed by atoms with Crippen molar-refractivity contribution >= 4 is 23.9 Å². The first-order valence-corrected chi connectivity index (χ1v) is 9.56. The molecular weight excluding hydrogens is 300 g/mol. The third-order valence-corrected chi connectivity index (χ3v) is 4.63. The SMILES string of the molecule is CSc1ccc(/C=C/c2cccc[n+]2CCCCCCN)cc1. The summed E-state index contributed by atoms with van der Waals surface area (Å²) in [6.07, 6.45) is 13.5. The molecule has 0 aliphatic heterocycles. The Morgan fingerprint density at radius 3 is 2.48 bits per heavy atom. The van der Waals surface area contributed by atoms with Gasteiger partial charge in [-0.15, -0.1) is 11.8 Å². The summed E-state index contributed by atoms with van der Waals surface area (Å²) >= 11 is 1.77. The summed E-state index contributed by atoms with van der Waals surface area (Å²) in [6.45, 7) is 1.87. The van der Waals surface area contributed by atoms with Crippen molar-refractivity contribution in [3.63, 3.8) is 0 Å². The molecule has 3 heteroatoms. The van der Waals surface area contributed by atoms with E-state index in [4.69, 9.17) is 5.73 Å². The Labute approximate surface area is 144 Å². The van der Waals surface area contributed by atoms with Crippen LogP contribution in [0.25, 0.3) is 12.2 Å². The fourth-order valence-electron chi connectivity index (χ4n) is 2.52. The molecule has 23 heavy (non-hydrogen) atoms. The number of nitrogens with zero attached hydrogens (tertiary/aromatic N) is 1. The van der Waals surface area contributed by atoms with E-state index in [0.29, 0.717) is 0 Å². The summed E-state index contributed by atoms with van der Waals surface area (Å²) in [5.74, 6) is 0. The van der Waals surface area contributed by atoms with Gasteiger partial charge >= 0.3 is 0 Å². The smallest absolute Gasteiger partial charge is 0.205 e. The predicted molar refractivity (Wildman–Crippen MR) is 101 cm³/mol. The fraction of sp³-hybridized carbons (Fsp3) is 0.350. The molecule has 1 aromatic carbocycles. The molecular formula is C20H27N2S+. The third-order valence-electron chi connectivity index (χ3n) is 3.89. The molecule has 0 bridgehead atoms. The number of pyridine rings is 1. The average Bonchev–Trinajstić information content (AvgIpc) is 2.61. The van der Waals surface area contributed by atoms with Gasteiger partial charge in [-0.3, -0.25) is 0 Å². The van der Waals surface area contributed by atoms with Crippen LogP contribution in [0.15, 0.2) is 53.6 Å². The van der Waals surface area contributed by atoms with Gasteiger partial charge in [0.05, 0.1) is 0 Å². The first kappa shape index (κ1) is 17.8. The second-order valence-corrected chi connectivity index (χ2v) is 6.51. The zero-order chi connectivity index (χ0) is 16.3. The Morgan fingerprint density at radius 1 is 0.957 bits per heavy atom. The van der Waals surface area contributed by atoms with Crippen LogP contribution in [0.1, 0.15) is 36.9 Å². The van der Waals surface area contributed by atoms with Crippen LogP contribution in [0.3, 0.4) is 0 Å². The van der Waals surface area contributed by atoms with Crippen LogP contribution in [0.4, 0.5) is 0 Å². The van der Waals surface area contributed by atoms with E-state index in [1.807, 2.05) is 0 Å². The molecule has 1 heterocycles. The van der Waals surface area contributed by atoms with Gasteiger partial charge in [0.1, 0.15) is 6.54 Å². The monoisotopic (exact) mass is 327 g/mol. The van der Waals surface area contributed by atoms with E-state index in [-0.39, 0.29) is 0 Å². The van der Waals surface area contributed by atoms with E-state index >= 15 is 0 Å². The molecule has 0 aliphatic rings. The Hall–Kier alpha value is -1.58. The molecule has 0 saturated carbocycles. The Bertz CT molecular complexity index is 605. The summed E-state index contributed by atoms with van der Waals surface area (Å²) in [6, 6.07) is 15.0. The van der Waals surface area contributed by atoms with Gasteiger partial charge in [0, 0.05) is 29.5 Å². The molecule has 0 saturated heterocycles. The van der Waals surface area contributed by atoms with Crippen LogP contribution in [-0.2, 0) is 6.54 Å². The van der Waals surface area contributed by atoms with Crippen molar-refractivity contribution in [2.24, 2.45) is 5.73 Å². The summed E-state index contributed by atoms with van der Waals surface area (Å²) in [5, 5.41) is 0. The summed E-state index contributed by atoms with van der Waals surface area (Å²) < 4.78 is 2.33. The van der Waals surface area contributed by atoms with Crippen molar-refractivity contribution < 1.29 is 4.57 Å². The molecule has 0 aliphatic carbocycles. The number of aromatic nitrogens is 1. The van der Waals surface area contributed by atoms with E-state index in [1.54, 1.807) is 11.8 Å². The van der Waals surface area contributed by atoms with Gasteiger partial charge in [0.25, 0.3) is 0 Å². The molecule has 2 rings (SSSR count). The largest absolute Gasteiger partial charge is 0.330 e. The number of hydrogen-bond donors (Lipinski definition) is 1. The second kappa shape index (κ2) is 10.2. The van der Waals surface area contributed by atoms with Gasteiger partial charge in [-0.05, 0) is 55.5 Å². The number of unbranched alkanes of at least 4 members (excludes halogenated alkanes) is 3. The van der Waals surface area contributed by atoms with Crippen LogP contribution >= 0.6 is 11.8 Å². The van der Waals surface area contributed by atoms with Crippen LogP contribution in [0.5, 0.6) is 0 Å². The van der Waals surface area contributed by atoms with E-state index in [2.05, 4.69) is 71.6 Å². The van der Waals surface area contributed by atoms with Gasteiger partial charge in [0.2, 0.25) is 5.69 Å². The molecule has 0 radical (unpaired) electrons. The molecule has 2 nitrogen and oxygen atoms in total. The lowest BCUT2D eigenvalue weighted by Gasteiger charge is -2.01. The molecule has 0 unspecified atom stereocenters. The number of hydrogen-bond acceptors (Lipinski definition) is 2. The van der Waals surface area contributed by atoms with Gasteiger partial charge in [-0.1, -0.05) is 18.6 Å². The van der Waals surface area contributed by atoms with Crippen molar-refractivity contribution in [3.8, 4) is 0 Å². The zero-order valence-electron chi connectivity index (χ0n) is 13.9. The maximum Gasteiger partial charge on any atom is 0.205 e. The van der Waals surface area contributed by atoms with Crippen molar-refractivity contribution in [2.45, 2.75) is 37.1 Å². The topological polar surface area (TPSA) is 29.9 Å². The van der Waals surface area contributed by atoms with Crippen molar-refractivity contribution in [3.05, 3.63) is 59.9 Å². The maximum absolute atomic E-state index is 5.54. The minimum Gasteiger partial charge on any atom is -0.330 e. The van der Waals surface area contributed by atoms with Crippen molar-refractivity contribution in [1.29, 1.82) is 0 Å². The van der Waals surface area contributed by atoms with Gasteiger partial charge < -0.3 is 5.73 Å². The highest BCUT2D eigenvalue weighted by Crippen LogP contribution is 2.16. The number of nitrogens with two attached hydrogens (primary N) is 1. The molecule has 0 amide bonds. The molecule has 0 spiro atoms. The second-order valence-electron chi connectivity index (χ2n) is 5.63. The summed E-state index contributed by atoms with van der Waals surface area (Å²) in [5.41, 5.74) is 8.03. The zero-order valence-corrected chi connectivity index (χ0v) is 14.8. The van der Waals surface area contributed by atoms with Gasteiger partial charge in [-0.2, -0.15) is 4.57 Å². The lowest BCUT2D eigenvalue weighted by Crippen LogP contribution is -2.36. The normalized spacial score (nSPS) is 11.2. The predicted octanol–water partition coefficient (Wildman–Crippen LogP) is 4.39. The quantitative estimate of drug-likeness (QED) is 0.421. The van der Waals surface area contributed by atoms with Crippen LogP contribution in [0, 0.1) is 0 Å². The van der Waals surface area contributed by atoms with Gasteiger partial charge in [0.15, 0.2) is 6.20 Å². The molecule has 0 atom stereocenters. The minimum atomic E-state index is 0.807. The molecule has 0 fully saturated rings. The molecule has 2 aromatic rings. The minimum absolute atomic E-state index is 0.807. The first-order chi connectivity index (χ1) is 11.3. The number of rotatable bonds is 9.